The maximum Gasteiger partial charge on any atom is 0.237 e. The van der Waals surface area contributed by atoms with Gasteiger partial charge >= 0.3 is 0 Å². The molecule has 0 radical (unpaired) electrons. The second kappa shape index (κ2) is 6.16. The summed E-state index contributed by atoms with van der Waals surface area (Å²) in [6.45, 7) is 0.607. The van der Waals surface area contributed by atoms with Crippen molar-refractivity contribution in [2.75, 3.05) is 4.90 Å². The van der Waals surface area contributed by atoms with E-state index in [1.165, 1.54) is 4.90 Å². The lowest BCUT2D eigenvalue weighted by molar-refractivity contribution is -0.122. The van der Waals surface area contributed by atoms with Crippen LogP contribution in [-0.4, -0.2) is 21.6 Å². The van der Waals surface area contributed by atoms with Crippen molar-refractivity contribution in [1.82, 2.24) is 9.78 Å². The van der Waals surface area contributed by atoms with Crippen molar-refractivity contribution in [1.29, 1.82) is 0 Å². The molecular weight excluding hydrogens is 370 g/mol. The van der Waals surface area contributed by atoms with Gasteiger partial charge in [0.15, 0.2) is 0 Å². The van der Waals surface area contributed by atoms with E-state index < -0.39 is 0 Å². The molecule has 1 aliphatic heterocycles. The van der Waals surface area contributed by atoms with Crippen molar-refractivity contribution in [3.63, 3.8) is 0 Å². The standard InChI is InChI=1S/C18H18BrN3O2/c19-13-7-5-12(6-8-13)10-21-11-14(9-20-21)22-17(23)15-3-1-2-4-16(15)18(22)24/h5-9,11,15-16H,1-4,10H2/t15-,16+. The van der Waals surface area contributed by atoms with Gasteiger partial charge in [0.2, 0.25) is 11.8 Å². The second-order valence-corrected chi connectivity index (χ2v) is 7.45. The lowest BCUT2D eigenvalue weighted by Gasteiger charge is -2.19. The Bertz CT molecular complexity index is 760. The number of hydrogen-bond donors (Lipinski definition) is 0. The first-order valence-electron chi connectivity index (χ1n) is 8.28. The van der Waals surface area contributed by atoms with E-state index in [1.54, 1.807) is 17.1 Å². The lowest BCUT2D eigenvalue weighted by Crippen LogP contribution is -2.30. The Labute approximate surface area is 148 Å². The third-order valence-electron chi connectivity index (χ3n) is 4.98. The van der Waals surface area contributed by atoms with Crippen LogP contribution in [0, 0.1) is 11.8 Å². The number of amides is 2. The summed E-state index contributed by atoms with van der Waals surface area (Å²) in [6.07, 6.45) is 7.15. The number of carbonyl (C=O) groups is 2. The van der Waals surface area contributed by atoms with Crippen LogP contribution in [-0.2, 0) is 16.1 Å². The molecule has 24 heavy (non-hydrogen) atoms. The summed E-state index contributed by atoms with van der Waals surface area (Å²) < 4.78 is 2.80. The number of anilines is 1. The van der Waals surface area contributed by atoms with Crippen LogP contribution in [0.4, 0.5) is 5.69 Å². The zero-order chi connectivity index (χ0) is 16.7. The average molecular weight is 388 g/mol. The summed E-state index contributed by atoms with van der Waals surface area (Å²) in [7, 11) is 0. The van der Waals surface area contributed by atoms with Crippen LogP contribution in [0.5, 0.6) is 0 Å². The maximum absolute atomic E-state index is 12.6. The number of rotatable bonds is 3. The fourth-order valence-corrected chi connectivity index (χ4v) is 4.01. The molecule has 2 fully saturated rings. The maximum atomic E-state index is 12.6. The van der Waals surface area contributed by atoms with Gasteiger partial charge in [-0.15, -0.1) is 0 Å². The number of hydrogen-bond acceptors (Lipinski definition) is 3. The Kier molecular flexibility index (Phi) is 4.00. The molecule has 0 spiro atoms. The smallest absolute Gasteiger partial charge is 0.237 e. The first kappa shape index (κ1) is 15.6. The number of nitrogens with zero attached hydrogens (tertiary/aromatic N) is 3. The normalized spacial score (nSPS) is 23.6. The van der Waals surface area contributed by atoms with Crippen molar-refractivity contribution in [3.05, 3.63) is 46.7 Å². The van der Waals surface area contributed by atoms with Gasteiger partial charge in [-0.1, -0.05) is 40.9 Å². The van der Waals surface area contributed by atoms with Crippen molar-refractivity contribution >= 4 is 33.4 Å². The van der Waals surface area contributed by atoms with Crippen LogP contribution < -0.4 is 4.90 Å². The Morgan fingerprint density at radius 1 is 1.04 bits per heavy atom. The van der Waals surface area contributed by atoms with E-state index in [1.807, 2.05) is 24.3 Å². The molecule has 2 heterocycles. The number of aromatic nitrogens is 2. The minimum absolute atomic E-state index is 0.0482. The summed E-state index contributed by atoms with van der Waals surface area (Å²) in [5.41, 5.74) is 1.71. The van der Waals surface area contributed by atoms with Gasteiger partial charge in [-0.2, -0.15) is 5.10 Å². The van der Waals surface area contributed by atoms with Gasteiger partial charge in [-0.05, 0) is 30.5 Å². The molecule has 1 aliphatic carbocycles. The van der Waals surface area contributed by atoms with Crippen LogP contribution in [0.1, 0.15) is 31.2 Å². The zero-order valence-corrected chi connectivity index (χ0v) is 14.8. The first-order valence-corrected chi connectivity index (χ1v) is 9.07. The van der Waals surface area contributed by atoms with Crippen LogP contribution in [0.3, 0.4) is 0 Å². The summed E-state index contributed by atoms with van der Waals surface area (Å²) in [4.78, 5) is 26.6. The van der Waals surface area contributed by atoms with Crippen molar-refractivity contribution in [3.8, 4) is 0 Å². The average Bonchev–Trinajstić information content (AvgIpc) is 3.14. The number of carbonyl (C=O) groups excluding carboxylic acids is 2. The van der Waals surface area contributed by atoms with Crippen molar-refractivity contribution in [2.45, 2.75) is 32.2 Å². The molecule has 0 bridgehead atoms. The van der Waals surface area contributed by atoms with Gasteiger partial charge in [0.05, 0.1) is 30.3 Å². The predicted octanol–water partition coefficient (Wildman–Crippen LogP) is 3.37. The van der Waals surface area contributed by atoms with Crippen molar-refractivity contribution in [2.24, 2.45) is 11.8 Å². The molecule has 2 aliphatic rings. The predicted molar refractivity (Wildman–Crippen MR) is 93.4 cm³/mol. The van der Waals surface area contributed by atoms with E-state index in [0.29, 0.717) is 12.2 Å². The van der Waals surface area contributed by atoms with Gasteiger partial charge < -0.3 is 0 Å². The summed E-state index contributed by atoms with van der Waals surface area (Å²) in [6, 6.07) is 8.01. The SMILES string of the molecule is O=C1[C@H]2CCCC[C@H]2C(=O)N1c1cnn(Cc2ccc(Br)cc2)c1. The van der Waals surface area contributed by atoms with E-state index >= 15 is 0 Å². The van der Waals surface area contributed by atoms with Gasteiger partial charge in [-0.25, -0.2) is 4.90 Å². The quantitative estimate of drug-likeness (QED) is 0.758. The zero-order valence-electron chi connectivity index (χ0n) is 13.2. The van der Waals surface area contributed by atoms with Crippen LogP contribution in [0.15, 0.2) is 41.1 Å². The molecule has 1 aromatic heterocycles. The molecule has 1 saturated heterocycles. The Morgan fingerprint density at radius 3 is 2.29 bits per heavy atom. The Balaban J connectivity index is 1.55. The molecule has 2 amide bonds. The topological polar surface area (TPSA) is 55.2 Å². The lowest BCUT2D eigenvalue weighted by atomic mass is 9.81. The number of fused-ring (bicyclic) bond motifs is 1. The molecular formula is C18H18BrN3O2. The Morgan fingerprint density at radius 2 is 1.67 bits per heavy atom. The monoisotopic (exact) mass is 387 g/mol. The Hall–Kier alpha value is -1.95. The van der Waals surface area contributed by atoms with E-state index in [2.05, 4.69) is 21.0 Å². The van der Waals surface area contributed by atoms with Crippen LogP contribution >= 0.6 is 15.9 Å². The number of halogens is 1. The van der Waals surface area contributed by atoms with Gasteiger partial charge in [-0.3, -0.25) is 14.3 Å². The first-order chi connectivity index (χ1) is 11.6. The highest BCUT2D eigenvalue weighted by Gasteiger charge is 2.49. The van der Waals surface area contributed by atoms with Crippen LogP contribution in [0.2, 0.25) is 0 Å². The fraction of sp³-hybridized carbons (Fsp3) is 0.389. The van der Waals surface area contributed by atoms with Gasteiger partial charge in [0.25, 0.3) is 0 Å². The third-order valence-corrected chi connectivity index (χ3v) is 5.51. The summed E-state index contributed by atoms with van der Waals surface area (Å²) in [5.74, 6) is -0.345. The molecule has 6 heteroatoms. The third kappa shape index (κ3) is 2.69. The molecule has 2 atom stereocenters. The molecule has 124 valence electrons. The number of benzene rings is 1. The molecule has 1 saturated carbocycles. The fourth-order valence-electron chi connectivity index (χ4n) is 3.75. The van der Waals surface area contributed by atoms with E-state index in [4.69, 9.17) is 0 Å². The highest BCUT2D eigenvalue weighted by atomic mass is 79.9. The van der Waals surface area contributed by atoms with Crippen molar-refractivity contribution < 1.29 is 9.59 Å². The van der Waals surface area contributed by atoms with Crippen LogP contribution in [0.25, 0.3) is 0 Å². The minimum atomic E-state index is -0.124. The molecule has 1 aromatic carbocycles. The highest BCUT2D eigenvalue weighted by molar-refractivity contribution is 9.10. The molecule has 5 nitrogen and oxygen atoms in total. The molecule has 4 rings (SSSR count). The molecule has 2 aromatic rings. The summed E-state index contributed by atoms with van der Waals surface area (Å²) in [5, 5.41) is 4.32. The van der Waals surface area contributed by atoms with E-state index in [-0.39, 0.29) is 23.7 Å². The number of imide groups is 1. The van der Waals surface area contributed by atoms with Gasteiger partial charge in [0, 0.05) is 10.7 Å². The second-order valence-electron chi connectivity index (χ2n) is 6.53. The highest BCUT2D eigenvalue weighted by Crippen LogP contribution is 2.39. The minimum Gasteiger partial charge on any atom is -0.274 e. The van der Waals surface area contributed by atoms with E-state index in [0.717, 1.165) is 35.7 Å². The largest absolute Gasteiger partial charge is 0.274 e. The summed E-state index contributed by atoms with van der Waals surface area (Å²) >= 11 is 3.42. The molecule has 0 N–H and O–H groups in total. The molecule has 0 unspecified atom stereocenters. The van der Waals surface area contributed by atoms with Gasteiger partial charge in [0.1, 0.15) is 0 Å². The van der Waals surface area contributed by atoms with E-state index in [9.17, 15) is 9.59 Å².